The van der Waals surface area contributed by atoms with Crippen molar-refractivity contribution in [2.75, 3.05) is 0 Å². The molecule has 1 spiro atoms. The van der Waals surface area contributed by atoms with Crippen molar-refractivity contribution in [1.29, 1.82) is 0 Å². The van der Waals surface area contributed by atoms with Crippen LogP contribution < -0.4 is 0 Å². The Morgan fingerprint density at radius 2 is 1.19 bits per heavy atom. The van der Waals surface area contributed by atoms with E-state index < -0.39 is 5.41 Å². The zero-order chi connectivity index (χ0) is 38.4. The lowest BCUT2D eigenvalue weighted by Crippen LogP contribution is -2.26. The van der Waals surface area contributed by atoms with Crippen LogP contribution in [0.25, 0.3) is 92.0 Å². The van der Waals surface area contributed by atoms with Gasteiger partial charge in [0.25, 0.3) is 0 Å². The fourth-order valence-electron chi connectivity index (χ4n) is 10.2. The Kier molecular flexibility index (Phi) is 7.61. The smallest absolute Gasteiger partial charge is 0.0973 e. The van der Waals surface area contributed by atoms with Crippen molar-refractivity contribution in [3.05, 3.63) is 186 Å². The first kappa shape index (κ1) is 33.9. The molecule has 272 valence electrons. The Bertz CT molecular complexity index is 3310. The van der Waals surface area contributed by atoms with Gasteiger partial charge in [0.2, 0.25) is 0 Å². The van der Waals surface area contributed by atoms with Gasteiger partial charge in [0.05, 0.1) is 27.8 Å². The fourth-order valence-corrected chi connectivity index (χ4v) is 11.4. The third-order valence-corrected chi connectivity index (χ3v) is 13.4. The number of rotatable bonds is 3. The summed E-state index contributed by atoms with van der Waals surface area (Å²) in [6, 6.07) is 53.6. The van der Waals surface area contributed by atoms with E-state index in [1.165, 1.54) is 86.2 Å². The topological polar surface area (TPSA) is 25.8 Å². The minimum absolute atomic E-state index is 0.396. The third-order valence-electron chi connectivity index (χ3n) is 12.3. The molecule has 1 atom stereocenters. The van der Waals surface area contributed by atoms with E-state index in [-0.39, 0.29) is 0 Å². The van der Waals surface area contributed by atoms with Gasteiger partial charge in [-0.1, -0.05) is 148 Å². The standard InChI is InChI=1S/C52H34N2S.C2H6/c1-3-15-38-32(4-2)33-18-8-10-21-39(33)52(38)40-22-11-9-19-36(40)46-41(52)29-45-49-47-34(20-14-25-44(47)55-45)37-28-31(26-27-35(37)48(46)49)51-50(30-16-6-5-7-17-30)53-42-23-12-13-24-43(42)54-51;1-2/h4-29H,3H2,1-2H3;1-2H3/b32-4-,38-15+;. The number of allylic oxidation sites excluding steroid dienone is 4. The van der Waals surface area contributed by atoms with E-state index in [4.69, 9.17) is 9.97 Å². The summed E-state index contributed by atoms with van der Waals surface area (Å²) in [6.45, 7) is 8.48. The van der Waals surface area contributed by atoms with Crippen LogP contribution in [-0.2, 0) is 5.41 Å². The number of hydrogen-bond acceptors (Lipinski definition) is 3. The quantitative estimate of drug-likeness (QED) is 0.168. The van der Waals surface area contributed by atoms with Gasteiger partial charge in [-0.2, -0.15) is 0 Å². The summed E-state index contributed by atoms with van der Waals surface area (Å²) in [7, 11) is 0. The molecule has 57 heavy (non-hydrogen) atoms. The van der Waals surface area contributed by atoms with Crippen LogP contribution >= 0.6 is 11.3 Å². The molecule has 12 rings (SSSR count). The number of fused-ring (bicyclic) bond motifs is 12. The van der Waals surface area contributed by atoms with Crippen LogP contribution in [0.5, 0.6) is 0 Å². The number of thiophene rings is 1. The van der Waals surface area contributed by atoms with E-state index in [2.05, 4.69) is 159 Å². The van der Waals surface area contributed by atoms with Crippen molar-refractivity contribution in [1.82, 2.24) is 9.97 Å². The zero-order valence-electron chi connectivity index (χ0n) is 32.5. The zero-order valence-corrected chi connectivity index (χ0v) is 33.3. The molecule has 0 saturated carbocycles. The maximum atomic E-state index is 5.32. The lowest BCUT2D eigenvalue weighted by Gasteiger charge is -2.31. The van der Waals surface area contributed by atoms with E-state index in [9.17, 15) is 0 Å². The van der Waals surface area contributed by atoms with Gasteiger partial charge in [-0.05, 0) is 110 Å². The predicted octanol–water partition coefficient (Wildman–Crippen LogP) is 15.2. The van der Waals surface area contributed by atoms with Crippen LogP contribution in [0.15, 0.2) is 163 Å². The van der Waals surface area contributed by atoms with E-state index in [1.807, 2.05) is 37.3 Å². The monoisotopic (exact) mass is 748 g/mol. The van der Waals surface area contributed by atoms with E-state index >= 15 is 0 Å². The Hall–Kier alpha value is -6.42. The molecule has 2 aliphatic carbocycles. The lowest BCUT2D eigenvalue weighted by molar-refractivity contribution is 0.790. The third kappa shape index (κ3) is 4.46. The Morgan fingerprint density at radius 1 is 0.544 bits per heavy atom. The number of para-hydroxylation sites is 2. The summed E-state index contributed by atoms with van der Waals surface area (Å²) < 4.78 is 2.68. The maximum absolute atomic E-state index is 5.32. The summed E-state index contributed by atoms with van der Waals surface area (Å²) in [5.41, 5.74) is 16.3. The second-order valence-electron chi connectivity index (χ2n) is 14.9. The highest BCUT2D eigenvalue weighted by Gasteiger charge is 2.53. The molecule has 0 N–H and O–H groups in total. The van der Waals surface area contributed by atoms with Crippen molar-refractivity contribution in [3.63, 3.8) is 0 Å². The van der Waals surface area contributed by atoms with Gasteiger partial charge in [-0.25, -0.2) is 9.97 Å². The van der Waals surface area contributed by atoms with Gasteiger partial charge in [-0.3, -0.25) is 0 Å². The van der Waals surface area contributed by atoms with Gasteiger partial charge in [0.1, 0.15) is 0 Å². The minimum Gasteiger partial charge on any atom is -0.244 e. The van der Waals surface area contributed by atoms with Gasteiger partial charge < -0.3 is 0 Å². The second-order valence-corrected chi connectivity index (χ2v) is 16.0. The van der Waals surface area contributed by atoms with Crippen molar-refractivity contribution in [3.8, 4) is 33.6 Å². The normalized spacial score (nSPS) is 17.0. The molecule has 0 radical (unpaired) electrons. The highest BCUT2D eigenvalue weighted by atomic mass is 32.1. The molecule has 10 aromatic rings. The average molecular weight is 749 g/mol. The van der Waals surface area contributed by atoms with Gasteiger partial charge in [0.15, 0.2) is 0 Å². The van der Waals surface area contributed by atoms with E-state index in [0.717, 1.165) is 40.0 Å². The Balaban J connectivity index is 0.00000184. The number of benzene rings is 8. The molecule has 2 aromatic heterocycles. The summed E-state index contributed by atoms with van der Waals surface area (Å²) in [5, 5.41) is 7.93. The van der Waals surface area contributed by atoms with Crippen LogP contribution in [0, 0.1) is 0 Å². The van der Waals surface area contributed by atoms with E-state index in [1.54, 1.807) is 0 Å². The molecule has 0 amide bonds. The molecule has 2 nitrogen and oxygen atoms in total. The van der Waals surface area contributed by atoms with E-state index in [0.29, 0.717) is 0 Å². The lowest BCUT2D eigenvalue weighted by atomic mass is 9.70. The van der Waals surface area contributed by atoms with Crippen LogP contribution in [0.4, 0.5) is 0 Å². The fraction of sp³-hybridized carbons (Fsp3) is 0.111. The SMILES string of the molecule is C/C=C1\C(=C/CC)C2(c3ccccc31)c1ccccc1-c1c2cc2sc3cccc4c5cc(-c6nc7ccccc7nc6-c6ccccc6)ccc5c1c2c34.CC. The molecule has 8 aromatic carbocycles. The first-order chi connectivity index (χ1) is 28.2. The first-order valence-corrected chi connectivity index (χ1v) is 21.1. The molecular weight excluding hydrogens is 709 g/mol. The summed E-state index contributed by atoms with van der Waals surface area (Å²) in [5.74, 6) is 0. The average Bonchev–Trinajstić information content (AvgIpc) is 3.89. The molecule has 1 unspecified atom stereocenters. The molecule has 2 aliphatic rings. The van der Waals surface area contributed by atoms with Crippen LogP contribution in [-0.4, -0.2) is 9.97 Å². The number of hydrogen-bond donors (Lipinski definition) is 0. The van der Waals surface area contributed by atoms with Crippen molar-refractivity contribution >= 4 is 69.7 Å². The van der Waals surface area contributed by atoms with Crippen molar-refractivity contribution in [2.45, 2.75) is 39.5 Å². The Labute approximate surface area is 336 Å². The molecule has 0 bridgehead atoms. The van der Waals surface area contributed by atoms with Gasteiger partial charge in [0, 0.05) is 31.3 Å². The van der Waals surface area contributed by atoms with Crippen LogP contribution in [0.3, 0.4) is 0 Å². The highest BCUT2D eigenvalue weighted by Crippen LogP contribution is 2.66. The van der Waals surface area contributed by atoms with Crippen LogP contribution in [0.1, 0.15) is 56.4 Å². The summed E-state index contributed by atoms with van der Waals surface area (Å²) in [6.07, 6.45) is 5.80. The van der Waals surface area contributed by atoms with Gasteiger partial charge >= 0.3 is 0 Å². The molecule has 2 heterocycles. The molecule has 0 saturated heterocycles. The van der Waals surface area contributed by atoms with Crippen molar-refractivity contribution in [2.24, 2.45) is 0 Å². The number of nitrogens with zero attached hydrogens (tertiary/aromatic N) is 2. The Morgan fingerprint density at radius 3 is 1.93 bits per heavy atom. The summed E-state index contributed by atoms with van der Waals surface area (Å²) >= 11 is 1.94. The van der Waals surface area contributed by atoms with Crippen molar-refractivity contribution < 1.29 is 0 Å². The molecule has 0 fully saturated rings. The minimum atomic E-state index is -0.396. The predicted molar refractivity (Wildman–Crippen MR) is 245 cm³/mol. The highest BCUT2D eigenvalue weighted by molar-refractivity contribution is 7.26. The largest absolute Gasteiger partial charge is 0.244 e. The molecule has 0 aliphatic heterocycles. The molecule has 3 heteroatoms. The van der Waals surface area contributed by atoms with Gasteiger partial charge in [-0.15, -0.1) is 11.3 Å². The first-order valence-electron chi connectivity index (χ1n) is 20.3. The maximum Gasteiger partial charge on any atom is 0.0973 e. The van der Waals surface area contributed by atoms with Crippen LogP contribution in [0.2, 0.25) is 0 Å². The second kappa shape index (κ2) is 12.8. The molecular formula is C54H40N2S. The summed E-state index contributed by atoms with van der Waals surface area (Å²) in [4.78, 5) is 10.5. The number of aromatic nitrogens is 2.